The Bertz CT molecular complexity index is 762. The number of thioether (sulfide) groups is 1. The van der Waals surface area contributed by atoms with Gasteiger partial charge in [0.15, 0.2) is 0 Å². The Morgan fingerprint density at radius 2 is 2.05 bits per heavy atom. The molecule has 22 heavy (non-hydrogen) atoms. The number of carbonyl (C=O) groups excluding carboxylic acids is 1. The van der Waals surface area contributed by atoms with Crippen molar-refractivity contribution in [3.8, 4) is 6.07 Å². The van der Waals surface area contributed by atoms with Gasteiger partial charge in [0.05, 0.1) is 17.0 Å². The maximum atomic E-state index is 13.4. The highest BCUT2D eigenvalue weighted by Gasteiger charge is 2.10. The van der Waals surface area contributed by atoms with Crippen LogP contribution in [-0.2, 0) is 4.79 Å². The SMILES string of the molecule is N#Cc1ccc(Cl)cc1NC(=O)CSc1ccc(F)cc1F. The average Bonchev–Trinajstić information content (AvgIpc) is 2.46. The number of amides is 1. The molecule has 2 rings (SSSR count). The van der Waals surface area contributed by atoms with Gasteiger partial charge in [-0.2, -0.15) is 5.26 Å². The van der Waals surface area contributed by atoms with Crippen LogP contribution in [-0.4, -0.2) is 11.7 Å². The topological polar surface area (TPSA) is 52.9 Å². The molecule has 0 radical (unpaired) electrons. The first-order valence-corrected chi connectivity index (χ1v) is 7.43. The molecule has 0 heterocycles. The van der Waals surface area contributed by atoms with E-state index in [-0.39, 0.29) is 16.2 Å². The molecule has 2 aromatic rings. The van der Waals surface area contributed by atoms with Crippen LogP contribution >= 0.6 is 23.4 Å². The summed E-state index contributed by atoms with van der Waals surface area (Å²) in [6.07, 6.45) is 0. The lowest BCUT2D eigenvalue weighted by molar-refractivity contribution is -0.113. The molecule has 3 nitrogen and oxygen atoms in total. The van der Waals surface area contributed by atoms with Crippen LogP contribution in [0.2, 0.25) is 5.02 Å². The van der Waals surface area contributed by atoms with Gasteiger partial charge in [-0.05, 0) is 30.3 Å². The van der Waals surface area contributed by atoms with Crippen molar-refractivity contribution in [1.82, 2.24) is 0 Å². The fourth-order valence-corrected chi connectivity index (χ4v) is 2.53. The van der Waals surface area contributed by atoms with Crippen molar-refractivity contribution in [1.29, 1.82) is 5.26 Å². The second-order valence-corrected chi connectivity index (χ2v) is 5.67. The molecule has 0 aromatic heterocycles. The van der Waals surface area contributed by atoms with Crippen molar-refractivity contribution in [2.75, 3.05) is 11.1 Å². The van der Waals surface area contributed by atoms with E-state index in [2.05, 4.69) is 5.32 Å². The van der Waals surface area contributed by atoms with Crippen LogP contribution in [0.15, 0.2) is 41.3 Å². The zero-order valence-electron chi connectivity index (χ0n) is 11.1. The molecule has 0 fully saturated rings. The first kappa shape index (κ1) is 16.3. The highest BCUT2D eigenvalue weighted by atomic mass is 35.5. The Balaban J connectivity index is 2.02. The monoisotopic (exact) mass is 338 g/mol. The lowest BCUT2D eigenvalue weighted by Crippen LogP contribution is -2.15. The van der Waals surface area contributed by atoms with E-state index in [1.165, 1.54) is 18.2 Å². The Kier molecular flexibility index (Phi) is 5.36. The number of rotatable bonds is 4. The van der Waals surface area contributed by atoms with E-state index in [0.29, 0.717) is 10.7 Å². The largest absolute Gasteiger partial charge is 0.324 e. The maximum Gasteiger partial charge on any atom is 0.234 e. The standard InChI is InChI=1S/C15H9ClF2N2OS/c16-10-2-1-9(7-19)13(5-10)20-15(21)8-22-14-4-3-11(17)6-12(14)18/h1-6H,8H2,(H,20,21). The van der Waals surface area contributed by atoms with Gasteiger partial charge >= 0.3 is 0 Å². The van der Waals surface area contributed by atoms with Gasteiger partial charge in [0.1, 0.15) is 17.7 Å². The minimum Gasteiger partial charge on any atom is -0.324 e. The number of halogens is 3. The summed E-state index contributed by atoms with van der Waals surface area (Å²) in [6, 6.07) is 9.57. The quantitative estimate of drug-likeness (QED) is 0.849. The number of hydrogen-bond donors (Lipinski definition) is 1. The van der Waals surface area contributed by atoms with E-state index in [1.54, 1.807) is 6.07 Å². The van der Waals surface area contributed by atoms with Crippen LogP contribution in [0, 0.1) is 23.0 Å². The minimum absolute atomic E-state index is 0.0834. The second kappa shape index (κ2) is 7.25. The fraction of sp³-hybridized carbons (Fsp3) is 0.0667. The number of anilines is 1. The van der Waals surface area contributed by atoms with Gasteiger partial charge < -0.3 is 5.32 Å². The van der Waals surface area contributed by atoms with Gasteiger partial charge in [0.25, 0.3) is 0 Å². The molecular weight excluding hydrogens is 330 g/mol. The summed E-state index contributed by atoms with van der Waals surface area (Å²) in [4.78, 5) is 12.0. The van der Waals surface area contributed by atoms with Gasteiger partial charge in [-0.25, -0.2) is 8.78 Å². The number of carbonyl (C=O) groups is 1. The summed E-state index contributed by atoms with van der Waals surface area (Å²) in [6.45, 7) is 0. The molecule has 0 aliphatic heterocycles. The van der Waals surface area contributed by atoms with Crippen LogP contribution in [0.25, 0.3) is 0 Å². The average molecular weight is 339 g/mol. The molecule has 1 amide bonds. The highest BCUT2D eigenvalue weighted by Crippen LogP contribution is 2.24. The van der Waals surface area contributed by atoms with Crippen molar-refractivity contribution < 1.29 is 13.6 Å². The molecule has 0 spiro atoms. The first-order valence-electron chi connectivity index (χ1n) is 6.07. The van der Waals surface area contributed by atoms with Crippen LogP contribution in [0.4, 0.5) is 14.5 Å². The summed E-state index contributed by atoms with van der Waals surface area (Å²) < 4.78 is 26.2. The molecule has 0 unspecified atom stereocenters. The summed E-state index contributed by atoms with van der Waals surface area (Å²) >= 11 is 6.75. The Hall–Kier alpha value is -2.10. The Morgan fingerprint density at radius 3 is 2.73 bits per heavy atom. The molecule has 0 saturated heterocycles. The summed E-state index contributed by atoms with van der Waals surface area (Å²) in [7, 11) is 0. The summed E-state index contributed by atoms with van der Waals surface area (Å²) in [5, 5.41) is 11.9. The van der Waals surface area contributed by atoms with E-state index < -0.39 is 17.5 Å². The van der Waals surface area contributed by atoms with Crippen LogP contribution < -0.4 is 5.32 Å². The number of nitriles is 1. The van der Waals surface area contributed by atoms with E-state index in [1.807, 2.05) is 6.07 Å². The van der Waals surface area contributed by atoms with Crippen molar-refractivity contribution in [3.05, 3.63) is 58.6 Å². The van der Waals surface area contributed by atoms with Gasteiger partial charge in [0, 0.05) is 16.0 Å². The molecule has 0 bridgehead atoms. The Labute approximate surface area is 134 Å². The van der Waals surface area contributed by atoms with Gasteiger partial charge in [-0.3, -0.25) is 4.79 Å². The van der Waals surface area contributed by atoms with Crippen molar-refractivity contribution in [2.24, 2.45) is 0 Å². The molecule has 0 aliphatic rings. The second-order valence-electron chi connectivity index (χ2n) is 4.21. The van der Waals surface area contributed by atoms with Gasteiger partial charge in [-0.15, -0.1) is 11.8 Å². The molecular formula is C15H9ClF2N2OS. The third-order valence-electron chi connectivity index (χ3n) is 2.63. The Morgan fingerprint density at radius 1 is 1.27 bits per heavy atom. The lowest BCUT2D eigenvalue weighted by atomic mass is 10.2. The van der Waals surface area contributed by atoms with Crippen LogP contribution in [0.1, 0.15) is 5.56 Å². The minimum atomic E-state index is -0.724. The van der Waals surface area contributed by atoms with Gasteiger partial charge in [0.2, 0.25) is 5.91 Å². The zero-order chi connectivity index (χ0) is 16.1. The van der Waals surface area contributed by atoms with Gasteiger partial charge in [-0.1, -0.05) is 11.6 Å². The molecule has 2 aromatic carbocycles. The predicted octanol–water partition coefficient (Wildman–Crippen LogP) is 4.22. The van der Waals surface area contributed by atoms with Crippen molar-refractivity contribution >= 4 is 35.0 Å². The number of hydrogen-bond acceptors (Lipinski definition) is 3. The normalized spacial score (nSPS) is 10.1. The van der Waals surface area contributed by atoms with Crippen LogP contribution in [0.3, 0.4) is 0 Å². The predicted molar refractivity (Wildman–Crippen MR) is 81.9 cm³/mol. The molecule has 0 atom stereocenters. The van der Waals surface area contributed by atoms with Crippen molar-refractivity contribution in [2.45, 2.75) is 4.90 Å². The smallest absolute Gasteiger partial charge is 0.234 e. The third kappa shape index (κ3) is 4.20. The van der Waals surface area contributed by atoms with E-state index in [0.717, 1.165) is 23.9 Å². The van der Waals surface area contributed by atoms with Crippen LogP contribution in [0.5, 0.6) is 0 Å². The highest BCUT2D eigenvalue weighted by molar-refractivity contribution is 8.00. The molecule has 1 N–H and O–H groups in total. The number of nitrogens with one attached hydrogen (secondary N) is 1. The third-order valence-corrected chi connectivity index (χ3v) is 3.91. The lowest BCUT2D eigenvalue weighted by Gasteiger charge is -2.08. The van der Waals surface area contributed by atoms with E-state index >= 15 is 0 Å². The fourth-order valence-electron chi connectivity index (χ4n) is 1.64. The number of benzene rings is 2. The summed E-state index contributed by atoms with van der Waals surface area (Å²) in [5.74, 6) is -1.91. The molecule has 0 saturated carbocycles. The summed E-state index contributed by atoms with van der Waals surface area (Å²) in [5.41, 5.74) is 0.566. The zero-order valence-corrected chi connectivity index (χ0v) is 12.6. The molecule has 7 heteroatoms. The molecule has 112 valence electrons. The van der Waals surface area contributed by atoms with E-state index in [4.69, 9.17) is 16.9 Å². The maximum absolute atomic E-state index is 13.4. The number of nitrogens with zero attached hydrogens (tertiary/aromatic N) is 1. The van der Waals surface area contributed by atoms with Crippen molar-refractivity contribution in [3.63, 3.8) is 0 Å². The first-order chi connectivity index (χ1) is 10.5. The molecule has 0 aliphatic carbocycles. The van der Waals surface area contributed by atoms with E-state index in [9.17, 15) is 13.6 Å².